The van der Waals surface area contributed by atoms with Crippen LogP contribution in [0.15, 0.2) is 6.20 Å². The zero-order valence-corrected chi connectivity index (χ0v) is 9.67. The van der Waals surface area contributed by atoms with Crippen LogP contribution in [-0.2, 0) is 0 Å². The van der Waals surface area contributed by atoms with E-state index in [0.29, 0.717) is 10.3 Å². The number of nitrogens with zero attached hydrogens (tertiary/aromatic N) is 2. The van der Waals surface area contributed by atoms with E-state index in [4.69, 9.17) is 5.11 Å². The molecule has 0 unspecified atom stereocenters. The van der Waals surface area contributed by atoms with Crippen molar-refractivity contribution in [3.63, 3.8) is 0 Å². The number of hydrogen-bond donors (Lipinski definition) is 1. The SMILES string of the molecule is CC1(C)CCN(c2ncc(C(=O)O)s2)C1. The van der Waals surface area contributed by atoms with Gasteiger partial charge in [0, 0.05) is 13.1 Å². The Kier molecular flexibility index (Phi) is 2.42. The molecular weight excluding hydrogens is 212 g/mol. The Bertz CT molecular complexity index is 387. The maximum atomic E-state index is 10.7. The Balaban J connectivity index is 2.14. The van der Waals surface area contributed by atoms with Crippen molar-refractivity contribution in [2.24, 2.45) is 5.41 Å². The minimum atomic E-state index is -0.891. The number of carboxylic acid groups (broad SMARTS) is 1. The van der Waals surface area contributed by atoms with E-state index >= 15 is 0 Å². The van der Waals surface area contributed by atoms with Gasteiger partial charge in [-0.05, 0) is 11.8 Å². The number of aromatic nitrogens is 1. The third-order valence-electron chi connectivity index (χ3n) is 2.65. The van der Waals surface area contributed by atoms with Crippen molar-refractivity contribution >= 4 is 22.4 Å². The second-order valence-corrected chi connectivity index (χ2v) is 5.66. The maximum absolute atomic E-state index is 10.7. The van der Waals surface area contributed by atoms with Crippen molar-refractivity contribution in [1.82, 2.24) is 4.98 Å². The highest BCUT2D eigenvalue weighted by Crippen LogP contribution is 2.34. The van der Waals surface area contributed by atoms with Gasteiger partial charge in [-0.2, -0.15) is 0 Å². The van der Waals surface area contributed by atoms with E-state index in [1.807, 2.05) is 0 Å². The summed E-state index contributed by atoms with van der Waals surface area (Å²) in [5.41, 5.74) is 0.315. The summed E-state index contributed by atoms with van der Waals surface area (Å²) in [6, 6.07) is 0. The van der Waals surface area contributed by atoms with E-state index in [2.05, 4.69) is 23.7 Å². The minimum Gasteiger partial charge on any atom is -0.477 e. The Morgan fingerprint density at radius 1 is 1.67 bits per heavy atom. The van der Waals surface area contributed by atoms with Crippen LogP contribution >= 0.6 is 11.3 Å². The van der Waals surface area contributed by atoms with Gasteiger partial charge in [0.15, 0.2) is 5.13 Å². The molecule has 1 N–H and O–H groups in total. The smallest absolute Gasteiger partial charge is 0.347 e. The van der Waals surface area contributed by atoms with Crippen LogP contribution in [0.3, 0.4) is 0 Å². The zero-order valence-electron chi connectivity index (χ0n) is 8.86. The van der Waals surface area contributed by atoms with Crippen LogP contribution in [0, 0.1) is 5.41 Å². The number of thiazole rings is 1. The Labute approximate surface area is 92.6 Å². The summed E-state index contributed by atoms with van der Waals surface area (Å²) in [6.45, 7) is 6.37. The van der Waals surface area contributed by atoms with Crippen LogP contribution in [0.2, 0.25) is 0 Å². The van der Waals surface area contributed by atoms with Crippen molar-refractivity contribution < 1.29 is 9.90 Å². The second-order valence-electron chi connectivity index (χ2n) is 4.65. The lowest BCUT2D eigenvalue weighted by Gasteiger charge is -2.18. The van der Waals surface area contributed by atoms with Gasteiger partial charge in [0.05, 0.1) is 6.20 Å². The highest BCUT2D eigenvalue weighted by Gasteiger charge is 2.30. The van der Waals surface area contributed by atoms with Gasteiger partial charge in [-0.3, -0.25) is 0 Å². The van der Waals surface area contributed by atoms with Gasteiger partial charge in [-0.15, -0.1) is 0 Å². The van der Waals surface area contributed by atoms with E-state index in [0.717, 1.165) is 24.6 Å². The van der Waals surface area contributed by atoms with Gasteiger partial charge in [0.2, 0.25) is 0 Å². The Hall–Kier alpha value is -1.10. The molecule has 0 aliphatic carbocycles. The fourth-order valence-electron chi connectivity index (χ4n) is 1.79. The zero-order chi connectivity index (χ0) is 11.1. The molecule has 0 atom stereocenters. The molecule has 0 bridgehead atoms. The molecule has 0 saturated carbocycles. The average Bonchev–Trinajstić information content (AvgIpc) is 2.70. The first kappa shape index (κ1) is 10.4. The second kappa shape index (κ2) is 3.48. The third kappa shape index (κ3) is 2.12. The molecule has 1 aromatic rings. The molecule has 1 fully saturated rings. The van der Waals surface area contributed by atoms with Crippen LogP contribution in [0.5, 0.6) is 0 Å². The topological polar surface area (TPSA) is 53.4 Å². The monoisotopic (exact) mass is 226 g/mol. The third-order valence-corrected chi connectivity index (χ3v) is 3.70. The van der Waals surface area contributed by atoms with Crippen molar-refractivity contribution in [2.45, 2.75) is 20.3 Å². The van der Waals surface area contributed by atoms with E-state index in [1.54, 1.807) is 0 Å². The van der Waals surface area contributed by atoms with E-state index in [9.17, 15) is 4.79 Å². The van der Waals surface area contributed by atoms with Crippen molar-refractivity contribution in [1.29, 1.82) is 0 Å². The molecule has 1 aromatic heterocycles. The highest BCUT2D eigenvalue weighted by molar-refractivity contribution is 7.17. The largest absolute Gasteiger partial charge is 0.477 e. The molecule has 1 aliphatic rings. The van der Waals surface area contributed by atoms with Crippen molar-refractivity contribution in [2.75, 3.05) is 18.0 Å². The average molecular weight is 226 g/mol. The molecule has 0 aromatic carbocycles. The fourth-order valence-corrected chi connectivity index (χ4v) is 2.57. The Morgan fingerprint density at radius 2 is 2.40 bits per heavy atom. The number of aromatic carboxylic acids is 1. The standard InChI is InChI=1S/C10H14N2O2S/c1-10(2)3-4-12(6-10)9-11-5-7(15-9)8(13)14/h5H,3-4,6H2,1-2H3,(H,13,14). The van der Waals surface area contributed by atoms with Gasteiger partial charge in [0.1, 0.15) is 4.88 Å². The number of carboxylic acids is 1. The normalized spacial score (nSPS) is 19.5. The van der Waals surface area contributed by atoms with Crippen LogP contribution < -0.4 is 4.90 Å². The Morgan fingerprint density at radius 3 is 2.87 bits per heavy atom. The first-order valence-electron chi connectivity index (χ1n) is 4.92. The quantitative estimate of drug-likeness (QED) is 0.838. The van der Waals surface area contributed by atoms with Crippen LogP contribution in [0.4, 0.5) is 5.13 Å². The number of hydrogen-bond acceptors (Lipinski definition) is 4. The minimum absolute atomic E-state index is 0.315. The first-order valence-corrected chi connectivity index (χ1v) is 5.74. The molecule has 15 heavy (non-hydrogen) atoms. The van der Waals surface area contributed by atoms with Crippen molar-refractivity contribution in [3.8, 4) is 0 Å². The van der Waals surface area contributed by atoms with E-state index < -0.39 is 5.97 Å². The van der Waals surface area contributed by atoms with Crippen LogP contribution in [0.25, 0.3) is 0 Å². The molecule has 1 saturated heterocycles. The molecule has 1 aliphatic heterocycles. The molecular formula is C10H14N2O2S. The molecule has 0 radical (unpaired) electrons. The lowest BCUT2D eigenvalue weighted by Crippen LogP contribution is -2.22. The van der Waals surface area contributed by atoms with Gasteiger partial charge < -0.3 is 10.0 Å². The summed E-state index contributed by atoms with van der Waals surface area (Å²) in [7, 11) is 0. The number of anilines is 1. The lowest BCUT2D eigenvalue weighted by molar-refractivity contribution is 0.0702. The van der Waals surface area contributed by atoms with Gasteiger partial charge >= 0.3 is 5.97 Å². The molecule has 0 spiro atoms. The van der Waals surface area contributed by atoms with Crippen LogP contribution in [-0.4, -0.2) is 29.1 Å². The predicted octanol–water partition coefficient (Wildman–Crippen LogP) is 2.08. The predicted molar refractivity (Wildman–Crippen MR) is 59.7 cm³/mol. The number of carbonyl (C=O) groups is 1. The molecule has 0 amide bonds. The van der Waals surface area contributed by atoms with Gasteiger partial charge in [-0.25, -0.2) is 9.78 Å². The summed E-state index contributed by atoms with van der Waals surface area (Å²) in [6.07, 6.45) is 2.57. The highest BCUT2D eigenvalue weighted by atomic mass is 32.1. The van der Waals surface area contributed by atoms with Gasteiger partial charge in [0.25, 0.3) is 0 Å². The molecule has 2 heterocycles. The lowest BCUT2D eigenvalue weighted by atomic mass is 9.93. The molecule has 82 valence electrons. The summed E-state index contributed by atoms with van der Waals surface area (Å²) in [5, 5.41) is 9.63. The van der Waals surface area contributed by atoms with Gasteiger partial charge in [-0.1, -0.05) is 25.2 Å². The van der Waals surface area contributed by atoms with E-state index in [-0.39, 0.29) is 0 Å². The fraction of sp³-hybridized carbons (Fsp3) is 0.600. The van der Waals surface area contributed by atoms with Crippen LogP contribution in [0.1, 0.15) is 29.9 Å². The summed E-state index contributed by atoms with van der Waals surface area (Å²) < 4.78 is 0. The molecule has 2 rings (SSSR count). The molecule has 5 heteroatoms. The number of rotatable bonds is 2. The summed E-state index contributed by atoms with van der Waals surface area (Å²) >= 11 is 1.25. The van der Waals surface area contributed by atoms with Crippen molar-refractivity contribution in [3.05, 3.63) is 11.1 Å². The molecule has 4 nitrogen and oxygen atoms in total. The summed E-state index contributed by atoms with van der Waals surface area (Å²) in [4.78, 5) is 17.3. The first-order chi connectivity index (χ1) is 6.98. The summed E-state index contributed by atoms with van der Waals surface area (Å²) in [5.74, 6) is -0.891. The maximum Gasteiger partial charge on any atom is 0.347 e. The van der Waals surface area contributed by atoms with E-state index in [1.165, 1.54) is 17.5 Å².